The van der Waals surface area contributed by atoms with Crippen LogP contribution in [-0.2, 0) is 0 Å². The van der Waals surface area contributed by atoms with Crippen LogP contribution in [0, 0.1) is 11.3 Å². The number of nitriles is 1. The molecule has 0 unspecified atom stereocenters. The van der Waals surface area contributed by atoms with Gasteiger partial charge in [0.1, 0.15) is 6.07 Å². The minimum Gasteiger partial charge on any atom is -0.308 e. The minimum absolute atomic E-state index is 0.416. The van der Waals surface area contributed by atoms with Crippen molar-refractivity contribution in [1.29, 1.82) is 5.26 Å². The van der Waals surface area contributed by atoms with Crippen molar-refractivity contribution in [3.63, 3.8) is 0 Å². The van der Waals surface area contributed by atoms with Crippen molar-refractivity contribution in [3.8, 4) is 6.07 Å². The van der Waals surface area contributed by atoms with Crippen LogP contribution in [0.1, 0.15) is 0 Å². The van der Waals surface area contributed by atoms with Crippen LogP contribution >= 0.6 is 11.3 Å². The van der Waals surface area contributed by atoms with Crippen LogP contribution in [-0.4, -0.2) is 4.57 Å². The summed E-state index contributed by atoms with van der Waals surface area (Å²) < 4.78 is 4.64. The molecule has 2 aromatic heterocycles. The number of hydrogen-bond donors (Lipinski definition) is 0. The van der Waals surface area contributed by atoms with E-state index in [2.05, 4.69) is 78.4 Å². The van der Waals surface area contributed by atoms with E-state index in [-0.39, 0.29) is 0 Å². The summed E-state index contributed by atoms with van der Waals surface area (Å²) >= 11 is 1.79. The molecule has 0 atom stereocenters. The number of nitrogens with zero attached hydrogens (tertiary/aromatic N) is 2. The first-order valence-electron chi connectivity index (χ1n) is 9.00. The molecule has 3 heteroatoms. The van der Waals surface area contributed by atoms with Crippen LogP contribution < -0.4 is 0 Å². The lowest BCUT2D eigenvalue weighted by molar-refractivity contribution is 1.22. The van der Waals surface area contributed by atoms with Crippen LogP contribution in [0.2, 0.25) is 0 Å². The van der Waals surface area contributed by atoms with Gasteiger partial charge in [0.2, 0.25) is 0 Å². The number of rotatable bonds is 3. The van der Waals surface area contributed by atoms with Crippen LogP contribution in [0.25, 0.3) is 47.7 Å². The second-order valence-corrected chi connectivity index (χ2v) is 7.78. The van der Waals surface area contributed by atoms with Gasteiger partial charge in [-0.25, -0.2) is 0 Å². The van der Waals surface area contributed by atoms with Gasteiger partial charge in [-0.3, -0.25) is 0 Å². The molecule has 2 nitrogen and oxygen atoms in total. The first-order chi connectivity index (χ1) is 13.7. The zero-order chi connectivity index (χ0) is 19.3. The quantitative estimate of drug-likeness (QED) is 0.240. The summed E-state index contributed by atoms with van der Waals surface area (Å²) in [5, 5.41) is 14.4. The highest BCUT2D eigenvalue weighted by molar-refractivity contribution is 7.25. The molecule has 0 radical (unpaired) electrons. The van der Waals surface area contributed by atoms with E-state index in [0.717, 1.165) is 22.1 Å². The molecule has 0 amide bonds. The number of aromatic nitrogens is 1. The number of benzene rings is 3. The van der Waals surface area contributed by atoms with E-state index in [0.29, 0.717) is 5.57 Å². The molecule has 0 fully saturated rings. The van der Waals surface area contributed by atoms with Gasteiger partial charge in [0, 0.05) is 30.9 Å². The maximum absolute atomic E-state index is 9.51. The fraction of sp³-hybridized carbons (Fsp3) is 0. The Balaban J connectivity index is 2.00. The highest BCUT2D eigenvalue weighted by atomic mass is 32.1. The number of fused-ring (bicyclic) bond motifs is 6. The Labute approximate surface area is 166 Å². The summed E-state index contributed by atoms with van der Waals surface area (Å²) in [6, 6.07) is 23.5. The van der Waals surface area contributed by atoms with Crippen molar-refractivity contribution in [1.82, 2.24) is 4.57 Å². The molecule has 0 bridgehead atoms. The van der Waals surface area contributed by atoms with Gasteiger partial charge >= 0.3 is 0 Å². The number of thiophene rings is 1. The van der Waals surface area contributed by atoms with E-state index in [4.69, 9.17) is 0 Å². The summed E-state index contributed by atoms with van der Waals surface area (Å²) in [4.78, 5) is 0. The van der Waals surface area contributed by atoms with Gasteiger partial charge in [-0.1, -0.05) is 55.6 Å². The zero-order valence-electron chi connectivity index (χ0n) is 15.1. The average Bonchev–Trinajstić information content (AvgIpc) is 3.25. The molecule has 0 saturated heterocycles. The van der Waals surface area contributed by atoms with Gasteiger partial charge in [0.05, 0.1) is 22.3 Å². The Morgan fingerprint density at radius 1 is 0.893 bits per heavy atom. The lowest BCUT2D eigenvalue weighted by Crippen LogP contribution is -1.98. The van der Waals surface area contributed by atoms with Crippen molar-refractivity contribution < 1.29 is 0 Å². The third-order valence-electron chi connectivity index (χ3n) is 5.13. The average molecular weight is 376 g/mol. The molecular formula is C25H16N2S. The molecule has 0 aliphatic heterocycles. The Bertz CT molecular complexity index is 1500. The van der Waals surface area contributed by atoms with Gasteiger partial charge in [0.15, 0.2) is 0 Å². The number of allylic oxidation sites excluding steroid dienone is 4. The largest absolute Gasteiger partial charge is 0.308 e. The first kappa shape index (κ1) is 16.6. The third kappa shape index (κ3) is 2.26. The van der Waals surface area contributed by atoms with E-state index < -0.39 is 0 Å². The molecular weight excluding hydrogens is 360 g/mol. The van der Waals surface area contributed by atoms with Crippen LogP contribution in [0.5, 0.6) is 0 Å². The summed E-state index contributed by atoms with van der Waals surface area (Å²) in [6.07, 6.45) is 3.56. The monoisotopic (exact) mass is 376 g/mol. The van der Waals surface area contributed by atoms with Crippen LogP contribution in [0.15, 0.2) is 91.5 Å². The Morgan fingerprint density at radius 3 is 2.43 bits per heavy atom. The lowest BCUT2D eigenvalue weighted by atomic mass is 10.1. The Morgan fingerprint density at radius 2 is 1.64 bits per heavy atom. The maximum Gasteiger partial charge on any atom is 0.101 e. The fourth-order valence-corrected chi connectivity index (χ4v) is 5.05. The molecule has 3 aromatic carbocycles. The summed E-state index contributed by atoms with van der Waals surface area (Å²) in [5.74, 6) is 0. The van der Waals surface area contributed by atoms with Gasteiger partial charge in [-0.2, -0.15) is 5.26 Å². The van der Waals surface area contributed by atoms with Crippen molar-refractivity contribution in [2.45, 2.75) is 0 Å². The van der Waals surface area contributed by atoms with E-state index >= 15 is 0 Å². The smallest absolute Gasteiger partial charge is 0.101 e. The lowest BCUT2D eigenvalue weighted by Gasteiger charge is -2.10. The molecule has 0 aliphatic rings. The highest BCUT2D eigenvalue weighted by Crippen LogP contribution is 2.40. The molecule has 0 N–H and O–H groups in total. The maximum atomic E-state index is 9.51. The summed E-state index contributed by atoms with van der Waals surface area (Å²) in [6.45, 7) is 7.79. The van der Waals surface area contributed by atoms with Gasteiger partial charge in [-0.15, -0.1) is 11.3 Å². The predicted molar refractivity (Wildman–Crippen MR) is 122 cm³/mol. The van der Waals surface area contributed by atoms with E-state index in [1.165, 1.54) is 25.6 Å². The molecule has 0 aliphatic carbocycles. The Hall–Kier alpha value is -3.61. The minimum atomic E-state index is 0.416. The Kier molecular flexibility index (Phi) is 3.68. The SMILES string of the molecule is C=C/C=C(\C(=C)C#N)n1c2ccccc2c2cc3c(cc21)sc1ccccc13. The van der Waals surface area contributed by atoms with Gasteiger partial charge in [0.25, 0.3) is 0 Å². The zero-order valence-corrected chi connectivity index (χ0v) is 16.0. The van der Waals surface area contributed by atoms with E-state index in [1.54, 1.807) is 17.4 Å². The number of para-hydroxylation sites is 1. The van der Waals surface area contributed by atoms with Gasteiger partial charge in [-0.05, 0) is 30.3 Å². The van der Waals surface area contributed by atoms with Crippen molar-refractivity contribution >= 4 is 59.0 Å². The normalized spacial score (nSPS) is 12.0. The van der Waals surface area contributed by atoms with Crippen molar-refractivity contribution in [2.75, 3.05) is 0 Å². The highest BCUT2D eigenvalue weighted by Gasteiger charge is 2.17. The first-order valence-corrected chi connectivity index (χ1v) is 9.81. The molecule has 5 rings (SSSR count). The molecule has 0 saturated carbocycles. The molecule has 132 valence electrons. The third-order valence-corrected chi connectivity index (χ3v) is 6.27. The summed E-state index contributed by atoms with van der Waals surface area (Å²) in [5.41, 5.74) is 3.30. The van der Waals surface area contributed by atoms with Crippen LogP contribution in [0.4, 0.5) is 0 Å². The predicted octanol–water partition coefficient (Wildman–Crippen LogP) is 7.27. The van der Waals surface area contributed by atoms with Crippen molar-refractivity contribution in [2.24, 2.45) is 0 Å². The van der Waals surface area contributed by atoms with Crippen LogP contribution in [0.3, 0.4) is 0 Å². The molecule has 5 aromatic rings. The second kappa shape index (κ2) is 6.23. The summed E-state index contributed by atoms with van der Waals surface area (Å²) in [7, 11) is 0. The second-order valence-electron chi connectivity index (χ2n) is 6.69. The molecule has 28 heavy (non-hydrogen) atoms. The van der Waals surface area contributed by atoms with Crippen molar-refractivity contribution in [3.05, 3.63) is 91.5 Å². The van der Waals surface area contributed by atoms with E-state index in [1.807, 2.05) is 12.1 Å². The fourth-order valence-electron chi connectivity index (χ4n) is 3.93. The topological polar surface area (TPSA) is 28.7 Å². The number of hydrogen-bond acceptors (Lipinski definition) is 2. The molecule has 2 heterocycles. The standard InChI is InChI=1S/C25H16N2S/c1-3-8-21(16(2)15-26)27-22-11-6-4-9-17(22)19-13-20-18-10-5-7-12-24(18)28-25(20)14-23(19)27/h3-14H,1-2H2/b21-8+. The van der Waals surface area contributed by atoms with Gasteiger partial charge < -0.3 is 4.57 Å². The molecule has 0 spiro atoms. The van der Waals surface area contributed by atoms with E-state index in [9.17, 15) is 5.26 Å².